The number of anilines is 1. The Labute approximate surface area is 142 Å². The van der Waals surface area contributed by atoms with Gasteiger partial charge in [-0.15, -0.1) is 0 Å². The van der Waals surface area contributed by atoms with Gasteiger partial charge in [-0.2, -0.15) is 0 Å². The smallest absolute Gasteiger partial charge is 0.171 e. The molecule has 0 fully saturated rings. The summed E-state index contributed by atoms with van der Waals surface area (Å²) in [5.41, 5.74) is 6.08. The van der Waals surface area contributed by atoms with E-state index < -0.39 is 0 Å². The van der Waals surface area contributed by atoms with E-state index >= 15 is 0 Å². The van der Waals surface area contributed by atoms with Crippen LogP contribution in [0.1, 0.15) is 35.2 Å². The van der Waals surface area contributed by atoms with Gasteiger partial charge in [-0.25, -0.2) is 0 Å². The highest BCUT2D eigenvalue weighted by atomic mass is 35.5. The van der Waals surface area contributed by atoms with E-state index in [2.05, 4.69) is 50.5 Å². The largest absolute Gasteiger partial charge is 0.356 e. The molecule has 2 N–H and O–H groups in total. The lowest BCUT2D eigenvalue weighted by Crippen LogP contribution is -2.31. The van der Waals surface area contributed by atoms with E-state index in [1.165, 1.54) is 22.3 Å². The van der Waals surface area contributed by atoms with Crippen molar-refractivity contribution in [3.05, 3.63) is 63.7 Å². The molecule has 1 atom stereocenters. The highest BCUT2D eigenvalue weighted by Crippen LogP contribution is 2.22. The minimum Gasteiger partial charge on any atom is -0.356 e. The molecule has 116 valence electrons. The molecule has 0 aliphatic carbocycles. The first-order valence-corrected chi connectivity index (χ1v) is 8.06. The molecule has 0 saturated heterocycles. The summed E-state index contributed by atoms with van der Waals surface area (Å²) in [7, 11) is 0. The second kappa shape index (κ2) is 7.12. The molecule has 4 heteroatoms. The fourth-order valence-electron chi connectivity index (χ4n) is 2.42. The highest BCUT2D eigenvalue weighted by molar-refractivity contribution is 7.80. The first-order valence-electron chi connectivity index (χ1n) is 7.27. The molecule has 0 aliphatic rings. The average molecular weight is 333 g/mol. The Balaban J connectivity index is 2.05. The van der Waals surface area contributed by atoms with Crippen LogP contribution in [-0.4, -0.2) is 5.11 Å². The number of thiocarbonyl (C=S) groups is 1. The topological polar surface area (TPSA) is 24.1 Å². The molecular formula is C18H21ClN2S. The molecule has 0 aromatic heterocycles. The van der Waals surface area contributed by atoms with Crippen LogP contribution < -0.4 is 10.6 Å². The van der Waals surface area contributed by atoms with Crippen LogP contribution in [0.15, 0.2) is 36.4 Å². The Hall–Kier alpha value is -1.58. The maximum Gasteiger partial charge on any atom is 0.171 e. The SMILES string of the molecule is Cc1cc(C)c(C(C)NC(=S)Nc2ccc(Cl)cc2)cc1C. The lowest BCUT2D eigenvalue weighted by molar-refractivity contribution is 0.716. The predicted octanol–water partition coefficient (Wildman–Crippen LogP) is 5.31. The van der Waals surface area contributed by atoms with Crippen molar-refractivity contribution in [2.75, 3.05) is 5.32 Å². The Bertz CT molecular complexity index is 680. The Kier molecular flexibility index (Phi) is 5.43. The second-order valence-corrected chi connectivity index (χ2v) is 6.46. The third kappa shape index (κ3) is 4.21. The summed E-state index contributed by atoms with van der Waals surface area (Å²) < 4.78 is 0. The van der Waals surface area contributed by atoms with Gasteiger partial charge in [0.25, 0.3) is 0 Å². The van der Waals surface area contributed by atoms with Crippen LogP contribution in [0.2, 0.25) is 5.02 Å². The second-order valence-electron chi connectivity index (χ2n) is 5.62. The van der Waals surface area contributed by atoms with Gasteiger partial charge >= 0.3 is 0 Å². The zero-order valence-corrected chi connectivity index (χ0v) is 14.9. The van der Waals surface area contributed by atoms with Gasteiger partial charge in [-0.1, -0.05) is 23.7 Å². The Morgan fingerprint density at radius 1 is 1.00 bits per heavy atom. The number of benzene rings is 2. The molecule has 1 unspecified atom stereocenters. The maximum absolute atomic E-state index is 5.88. The van der Waals surface area contributed by atoms with Crippen LogP contribution in [0.25, 0.3) is 0 Å². The molecule has 0 amide bonds. The molecule has 0 bridgehead atoms. The van der Waals surface area contributed by atoms with E-state index in [0.29, 0.717) is 10.1 Å². The van der Waals surface area contributed by atoms with Crippen molar-refractivity contribution < 1.29 is 0 Å². The van der Waals surface area contributed by atoms with Gasteiger partial charge in [0.1, 0.15) is 0 Å². The zero-order chi connectivity index (χ0) is 16.3. The first-order chi connectivity index (χ1) is 10.4. The van der Waals surface area contributed by atoms with Gasteiger partial charge < -0.3 is 10.6 Å². The molecule has 2 aromatic rings. The Morgan fingerprint density at radius 2 is 1.59 bits per heavy atom. The molecule has 0 heterocycles. The fraction of sp³-hybridized carbons (Fsp3) is 0.278. The fourth-order valence-corrected chi connectivity index (χ4v) is 2.84. The van der Waals surface area contributed by atoms with Crippen molar-refractivity contribution in [2.45, 2.75) is 33.7 Å². The minimum absolute atomic E-state index is 0.145. The summed E-state index contributed by atoms with van der Waals surface area (Å²) in [5, 5.41) is 7.83. The predicted molar refractivity (Wildman–Crippen MR) is 99.9 cm³/mol. The van der Waals surface area contributed by atoms with Gasteiger partial charge in [0.2, 0.25) is 0 Å². The van der Waals surface area contributed by atoms with Crippen LogP contribution in [0.5, 0.6) is 0 Å². The van der Waals surface area contributed by atoms with Gasteiger partial charge in [0.15, 0.2) is 5.11 Å². The third-order valence-corrected chi connectivity index (χ3v) is 4.27. The summed E-state index contributed by atoms with van der Waals surface area (Å²) in [6.45, 7) is 8.52. The van der Waals surface area contributed by atoms with Gasteiger partial charge in [0.05, 0.1) is 6.04 Å². The molecule has 2 aromatic carbocycles. The molecular weight excluding hydrogens is 312 g/mol. The van der Waals surface area contributed by atoms with Crippen LogP contribution in [0, 0.1) is 20.8 Å². The van der Waals surface area contributed by atoms with E-state index in [0.717, 1.165) is 5.69 Å². The van der Waals surface area contributed by atoms with E-state index in [1.807, 2.05) is 24.3 Å². The molecule has 2 nitrogen and oxygen atoms in total. The number of halogens is 1. The van der Waals surface area contributed by atoms with E-state index in [4.69, 9.17) is 23.8 Å². The summed E-state index contributed by atoms with van der Waals surface area (Å²) in [6.07, 6.45) is 0. The Morgan fingerprint density at radius 3 is 2.23 bits per heavy atom. The highest BCUT2D eigenvalue weighted by Gasteiger charge is 2.11. The molecule has 22 heavy (non-hydrogen) atoms. The third-order valence-electron chi connectivity index (χ3n) is 3.80. The number of nitrogens with one attached hydrogen (secondary N) is 2. The van der Waals surface area contributed by atoms with Crippen molar-refractivity contribution in [2.24, 2.45) is 0 Å². The number of hydrogen-bond donors (Lipinski definition) is 2. The normalized spacial score (nSPS) is 11.9. The summed E-state index contributed by atoms with van der Waals surface area (Å²) in [6, 6.07) is 12.1. The summed E-state index contributed by atoms with van der Waals surface area (Å²) >= 11 is 11.3. The van der Waals surface area contributed by atoms with Gasteiger partial charge in [-0.05, 0) is 86.4 Å². The maximum atomic E-state index is 5.88. The number of hydrogen-bond acceptors (Lipinski definition) is 1. The molecule has 2 rings (SSSR count). The van der Waals surface area contributed by atoms with Gasteiger partial charge in [-0.3, -0.25) is 0 Å². The number of rotatable bonds is 3. The zero-order valence-electron chi connectivity index (χ0n) is 13.3. The van der Waals surface area contributed by atoms with Crippen molar-refractivity contribution >= 4 is 34.6 Å². The minimum atomic E-state index is 0.145. The van der Waals surface area contributed by atoms with Crippen molar-refractivity contribution in [3.63, 3.8) is 0 Å². The number of aryl methyl sites for hydroxylation is 3. The average Bonchev–Trinajstić information content (AvgIpc) is 2.45. The van der Waals surface area contributed by atoms with E-state index in [-0.39, 0.29) is 6.04 Å². The van der Waals surface area contributed by atoms with Crippen molar-refractivity contribution in [3.8, 4) is 0 Å². The molecule has 0 radical (unpaired) electrons. The summed E-state index contributed by atoms with van der Waals surface area (Å²) in [4.78, 5) is 0. The van der Waals surface area contributed by atoms with Crippen LogP contribution in [-0.2, 0) is 0 Å². The van der Waals surface area contributed by atoms with E-state index in [1.54, 1.807) is 0 Å². The van der Waals surface area contributed by atoms with Gasteiger partial charge in [0, 0.05) is 10.7 Å². The van der Waals surface area contributed by atoms with Crippen LogP contribution in [0.4, 0.5) is 5.69 Å². The molecule has 0 saturated carbocycles. The van der Waals surface area contributed by atoms with Crippen molar-refractivity contribution in [1.29, 1.82) is 0 Å². The molecule has 0 aliphatic heterocycles. The lowest BCUT2D eigenvalue weighted by atomic mass is 9.97. The molecule has 0 spiro atoms. The standard InChI is InChI=1S/C18H21ClN2S/c1-11-9-13(3)17(10-12(11)2)14(4)20-18(22)21-16-7-5-15(19)6-8-16/h5-10,14H,1-4H3,(H2,20,21,22). The van der Waals surface area contributed by atoms with Crippen LogP contribution in [0.3, 0.4) is 0 Å². The lowest BCUT2D eigenvalue weighted by Gasteiger charge is -2.20. The first kappa shape index (κ1) is 16.8. The van der Waals surface area contributed by atoms with Crippen molar-refractivity contribution in [1.82, 2.24) is 5.32 Å². The quantitative estimate of drug-likeness (QED) is 0.744. The van der Waals surface area contributed by atoms with E-state index in [9.17, 15) is 0 Å². The monoisotopic (exact) mass is 332 g/mol. The van der Waals surface area contributed by atoms with Crippen LogP contribution >= 0.6 is 23.8 Å². The summed E-state index contributed by atoms with van der Waals surface area (Å²) in [5.74, 6) is 0.